The second kappa shape index (κ2) is 7.45. The van der Waals surface area contributed by atoms with E-state index in [1.54, 1.807) is 0 Å². The van der Waals surface area contributed by atoms with Gasteiger partial charge in [-0.25, -0.2) is 4.98 Å². The number of allylic oxidation sites excluding steroid dienone is 2. The Hall–Kier alpha value is -2.39. The molecule has 0 aliphatic heterocycles. The Morgan fingerprint density at radius 2 is 1.58 bits per heavy atom. The number of imidazole rings is 1. The van der Waals surface area contributed by atoms with Crippen molar-refractivity contribution in [1.82, 2.24) is 9.55 Å². The molecule has 2 aromatic carbocycles. The molecule has 0 fully saturated rings. The summed E-state index contributed by atoms with van der Waals surface area (Å²) in [5.41, 5.74) is 4.09. The predicted molar refractivity (Wildman–Crippen MR) is 104 cm³/mol. The number of nitrogens with zero attached hydrogens (tertiary/aromatic N) is 2. The molecule has 0 atom stereocenters. The predicted octanol–water partition coefficient (Wildman–Crippen LogP) is 4.19. The van der Waals surface area contributed by atoms with Crippen molar-refractivity contribution in [2.24, 2.45) is 0 Å². The minimum atomic E-state index is -0.543. The van der Waals surface area contributed by atoms with Gasteiger partial charge in [-0.05, 0) is 31.0 Å². The summed E-state index contributed by atoms with van der Waals surface area (Å²) >= 11 is 0. The Bertz CT molecular complexity index is 734. The van der Waals surface area contributed by atoms with Crippen LogP contribution >= 0.6 is 0 Å². The van der Waals surface area contributed by atoms with Gasteiger partial charge in [0.25, 0.3) is 0 Å². The normalized spacial score (nSPS) is 11.8. The van der Waals surface area contributed by atoms with Crippen molar-refractivity contribution in [3.05, 3.63) is 102 Å². The molecule has 122 valence electrons. The molecule has 3 rings (SSSR count). The number of aromatic nitrogens is 2. The van der Waals surface area contributed by atoms with Crippen LogP contribution in [0.15, 0.2) is 91.0 Å². The van der Waals surface area contributed by atoms with Crippen LogP contribution in [0.5, 0.6) is 0 Å². The topological polar surface area (TPSA) is 17.8 Å². The number of rotatable bonds is 6. The fraction of sp³-hybridized carbons (Fsp3) is 0.190. The molecule has 1 heterocycles. The van der Waals surface area contributed by atoms with E-state index in [4.69, 9.17) is 0 Å². The van der Waals surface area contributed by atoms with E-state index in [0.717, 1.165) is 6.04 Å². The first kappa shape index (κ1) is 16.5. The summed E-state index contributed by atoms with van der Waals surface area (Å²) in [5, 5.41) is -0.106. The van der Waals surface area contributed by atoms with E-state index in [2.05, 4.69) is 96.3 Å². The summed E-state index contributed by atoms with van der Waals surface area (Å²) in [7, 11) is -0.543. The van der Waals surface area contributed by atoms with Gasteiger partial charge in [0.05, 0.1) is 21.0 Å². The molecule has 0 aliphatic rings. The highest BCUT2D eigenvalue weighted by Gasteiger charge is 2.35. The van der Waals surface area contributed by atoms with Crippen molar-refractivity contribution in [3.8, 4) is 0 Å². The lowest BCUT2D eigenvalue weighted by molar-refractivity contribution is 0.592. The van der Waals surface area contributed by atoms with Crippen LogP contribution in [0.25, 0.3) is 0 Å². The number of benzene rings is 2. The lowest BCUT2D eigenvalue weighted by atomic mass is 9.97. The van der Waals surface area contributed by atoms with Crippen LogP contribution in [-0.2, 0) is 5.16 Å². The Balaban J connectivity index is 2.18. The maximum absolute atomic E-state index is 4.35. The molecule has 0 bridgehead atoms. The second-order valence-corrected chi connectivity index (χ2v) is 8.48. The van der Waals surface area contributed by atoms with Gasteiger partial charge in [0, 0.05) is 12.4 Å². The van der Waals surface area contributed by atoms with Gasteiger partial charge in [0.15, 0.2) is 0 Å². The Morgan fingerprint density at radius 3 is 2.04 bits per heavy atom. The average molecular weight is 333 g/mol. The van der Waals surface area contributed by atoms with Gasteiger partial charge >= 0.3 is 0 Å². The summed E-state index contributed by atoms with van der Waals surface area (Å²) in [6.07, 6.45) is 8.34. The highest BCUT2D eigenvalue weighted by Crippen LogP contribution is 2.34. The van der Waals surface area contributed by atoms with Crippen LogP contribution in [0.4, 0.5) is 0 Å². The lowest BCUT2D eigenvalue weighted by Gasteiger charge is -2.36. The van der Waals surface area contributed by atoms with Gasteiger partial charge in [-0.3, -0.25) is 0 Å². The maximum atomic E-state index is 4.35. The van der Waals surface area contributed by atoms with Crippen LogP contribution in [0.1, 0.15) is 25.0 Å². The molecule has 0 spiro atoms. The molecule has 0 aliphatic carbocycles. The van der Waals surface area contributed by atoms with Crippen molar-refractivity contribution >= 4 is 9.52 Å². The fourth-order valence-electron chi connectivity index (χ4n) is 3.36. The molecule has 0 saturated carbocycles. The van der Waals surface area contributed by atoms with Crippen LogP contribution in [0.3, 0.4) is 0 Å². The molecule has 0 N–H and O–H groups in total. The Kier molecular flexibility index (Phi) is 5.11. The molecule has 3 heteroatoms. The van der Waals surface area contributed by atoms with Gasteiger partial charge in [-0.2, -0.15) is 0 Å². The summed E-state index contributed by atoms with van der Waals surface area (Å²) in [4.78, 5) is 4.35. The Labute approximate surface area is 146 Å². The second-order valence-electron chi connectivity index (χ2n) is 6.38. The summed E-state index contributed by atoms with van der Waals surface area (Å²) in [6, 6.07) is 22.9. The Morgan fingerprint density at radius 1 is 1.00 bits per heavy atom. The summed E-state index contributed by atoms with van der Waals surface area (Å²) in [6.45, 7) is 4.36. The minimum absolute atomic E-state index is 0.106. The van der Waals surface area contributed by atoms with Crippen molar-refractivity contribution in [3.63, 3.8) is 0 Å². The molecule has 1 aromatic heterocycles. The molecular formula is C21H24N2Si. The van der Waals surface area contributed by atoms with Gasteiger partial charge in [-0.1, -0.05) is 72.3 Å². The third-order valence-electron chi connectivity index (χ3n) is 4.51. The third kappa shape index (κ3) is 3.26. The van der Waals surface area contributed by atoms with E-state index >= 15 is 0 Å². The van der Waals surface area contributed by atoms with Gasteiger partial charge in [0.2, 0.25) is 0 Å². The highest BCUT2D eigenvalue weighted by atomic mass is 28.2. The number of hydrogen-bond donors (Lipinski definition) is 0. The fourth-order valence-corrected chi connectivity index (χ4v) is 6.00. The SMILES string of the molecule is CC(C)=CC[SiH2]C(c1ccccc1)(c1ccccc1)n1ccnc1. The molecule has 0 radical (unpaired) electrons. The van der Waals surface area contributed by atoms with E-state index in [9.17, 15) is 0 Å². The molecular weight excluding hydrogens is 308 g/mol. The van der Waals surface area contributed by atoms with E-state index < -0.39 is 9.52 Å². The third-order valence-corrected chi connectivity index (χ3v) is 6.99. The zero-order chi connectivity index (χ0) is 16.8. The molecule has 24 heavy (non-hydrogen) atoms. The van der Waals surface area contributed by atoms with Gasteiger partial charge in [0.1, 0.15) is 0 Å². The van der Waals surface area contributed by atoms with Crippen LogP contribution in [-0.4, -0.2) is 19.1 Å². The highest BCUT2D eigenvalue weighted by molar-refractivity contribution is 6.42. The van der Waals surface area contributed by atoms with Crippen molar-refractivity contribution in [1.29, 1.82) is 0 Å². The molecule has 3 aromatic rings. The van der Waals surface area contributed by atoms with Gasteiger partial charge < -0.3 is 4.57 Å². The van der Waals surface area contributed by atoms with Crippen molar-refractivity contribution < 1.29 is 0 Å². The number of hydrogen-bond acceptors (Lipinski definition) is 1. The summed E-state index contributed by atoms with van der Waals surface area (Å²) < 4.78 is 2.31. The lowest BCUT2D eigenvalue weighted by Crippen LogP contribution is -2.41. The standard InChI is InChI=1S/C21H24N2Si/c1-18(2)13-16-24-21(23-15-14-22-17-23,19-9-5-3-6-10-19)20-11-7-4-8-12-20/h3-15,17H,16,24H2,1-2H3. The smallest absolute Gasteiger partial charge is 0.0953 e. The molecule has 0 unspecified atom stereocenters. The summed E-state index contributed by atoms with van der Waals surface area (Å²) in [5.74, 6) is 0. The van der Waals surface area contributed by atoms with E-state index in [-0.39, 0.29) is 5.16 Å². The zero-order valence-electron chi connectivity index (χ0n) is 14.4. The first-order chi connectivity index (χ1) is 11.7. The van der Waals surface area contributed by atoms with E-state index in [0.29, 0.717) is 0 Å². The van der Waals surface area contributed by atoms with Crippen molar-refractivity contribution in [2.75, 3.05) is 0 Å². The first-order valence-electron chi connectivity index (χ1n) is 8.46. The quantitative estimate of drug-likeness (QED) is 0.489. The van der Waals surface area contributed by atoms with E-state index in [1.165, 1.54) is 16.7 Å². The first-order valence-corrected chi connectivity index (χ1v) is 10.2. The molecule has 0 saturated heterocycles. The van der Waals surface area contributed by atoms with Crippen LogP contribution < -0.4 is 0 Å². The largest absolute Gasteiger partial charge is 0.327 e. The zero-order valence-corrected chi connectivity index (χ0v) is 15.8. The van der Waals surface area contributed by atoms with Crippen molar-refractivity contribution in [2.45, 2.75) is 25.1 Å². The maximum Gasteiger partial charge on any atom is 0.0953 e. The van der Waals surface area contributed by atoms with Crippen LogP contribution in [0.2, 0.25) is 6.04 Å². The van der Waals surface area contributed by atoms with Crippen LogP contribution in [0, 0.1) is 0 Å². The minimum Gasteiger partial charge on any atom is -0.327 e. The van der Waals surface area contributed by atoms with E-state index in [1.807, 2.05) is 12.5 Å². The molecule has 2 nitrogen and oxygen atoms in total. The molecule has 0 amide bonds. The average Bonchev–Trinajstić information content (AvgIpc) is 3.15. The monoisotopic (exact) mass is 332 g/mol. The van der Waals surface area contributed by atoms with Gasteiger partial charge in [-0.15, -0.1) is 0 Å².